The second-order valence-corrected chi connectivity index (χ2v) is 7.56. The molecule has 166 valence electrons. The van der Waals surface area contributed by atoms with Gasteiger partial charge in [-0.25, -0.2) is 4.79 Å². The average molecular weight is 424 g/mol. The van der Waals surface area contributed by atoms with E-state index in [1.807, 2.05) is 0 Å². The van der Waals surface area contributed by atoms with Gasteiger partial charge in [-0.3, -0.25) is 0 Å². The molecule has 1 aliphatic carbocycles. The highest BCUT2D eigenvalue weighted by molar-refractivity contribution is 5.87. The first kappa shape index (κ1) is 22.7. The van der Waals surface area contributed by atoms with Crippen molar-refractivity contribution in [2.24, 2.45) is 0 Å². The van der Waals surface area contributed by atoms with Crippen molar-refractivity contribution in [1.29, 1.82) is 0 Å². The van der Waals surface area contributed by atoms with Gasteiger partial charge in [-0.1, -0.05) is 25.0 Å². The molecule has 2 fully saturated rings. The number of esters is 1. The van der Waals surface area contributed by atoms with Gasteiger partial charge >= 0.3 is 5.97 Å². The van der Waals surface area contributed by atoms with Gasteiger partial charge in [-0.05, 0) is 36.6 Å². The van der Waals surface area contributed by atoms with Crippen molar-refractivity contribution in [3.8, 4) is 5.75 Å². The number of rotatable bonds is 6. The van der Waals surface area contributed by atoms with E-state index in [4.69, 9.17) is 14.2 Å². The molecule has 9 nitrogen and oxygen atoms in total. The van der Waals surface area contributed by atoms with Crippen LogP contribution in [0.2, 0.25) is 0 Å². The maximum atomic E-state index is 12.3. The van der Waals surface area contributed by atoms with Crippen LogP contribution in [0.4, 0.5) is 0 Å². The van der Waals surface area contributed by atoms with E-state index >= 15 is 0 Å². The highest BCUT2D eigenvalue weighted by Gasteiger charge is 2.48. The van der Waals surface area contributed by atoms with Gasteiger partial charge in [0.05, 0.1) is 18.8 Å². The van der Waals surface area contributed by atoms with Gasteiger partial charge in [0.1, 0.15) is 24.1 Å². The Kier molecular flexibility index (Phi) is 7.81. The summed E-state index contributed by atoms with van der Waals surface area (Å²) >= 11 is 0. The molecular formula is C21H28O9. The Bertz CT molecular complexity index is 720. The zero-order valence-corrected chi connectivity index (χ0v) is 16.4. The standard InChI is InChI=1S/C21H28O9/c22-11-16-18(26)19(27)20(21(29-16)28-15-4-2-1-3-14(15)24)30-17(25)10-7-12-5-8-13(23)9-6-12/h5-10,14-16,18-24,26-27H,1-4,11H2/b10-7+/t14?,15?,16-,18-,19+,20-,21-/m0/s1. The van der Waals surface area contributed by atoms with E-state index < -0.39 is 55.5 Å². The number of phenolic OH excluding ortho intramolecular Hbond substituents is 1. The molecular weight excluding hydrogens is 396 g/mol. The Labute approximate surface area is 174 Å². The minimum absolute atomic E-state index is 0.0921. The monoisotopic (exact) mass is 424 g/mol. The number of benzene rings is 1. The molecule has 0 bridgehead atoms. The van der Waals surface area contributed by atoms with Crippen LogP contribution in [0.3, 0.4) is 0 Å². The van der Waals surface area contributed by atoms with Crippen LogP contribution < -0.4 is 0 Å². The third-order valence-electron chi connectivity index (χ3n) is 5.36. The summed E-state index contributed by atoms with van der Waals surface area (Å²) in [5.41, 5.74) is 0.642. The van der Waals surface area contributed by atoms with Gasteiger partial charge < -0.3 is 39.7 Å². The third kappa shape index (κ3) is 5.57. The van der Waals surface area contributed by atoms with Crippen molar-refractivity contribution in [3.05, 3.63) is 35.9 Å². The largest absolute Gasteiger partial charge is 0.508 e. The van der Waals surface area contributed by atoms with Crippen molar-refractivity contribution >= 4 is 12.0 Å². The lowest BCUT2D eigenvalue weighted by molar-refractivity contribution is -0.320. The molecule has 0 aromatic heterocycles. The van der Waals surface area contributed by atoms with Crippen molar-refractivity contribution in [2.75, 3.05) is 6.61 Å². The zero-order valence-electron chi connectivity index (χ0n) is 16.4. The summed E-state index contributed by atoms with van der Waals surface area (Å²) in [6.07, 6.45) is -2.59. The maximum absolute atomic E-state index is 12.3. The summed E-state index contributed by atoms with van der Waals surface area (Å²) in [4.78, 5) is 12.3. The van der Waals surface area contributed by atoms with E-state index in [0.717, 1.165) is 18.9 Å². The molecule has 9 heteroatoms. The fraction of sp³-hybridized carbons (Fsp3) is 0.571. The Morgan fingerprint density at radius 1 is 1.10 bits per heavy atom. The quantitative estimate of drug-likeness (QED) is 0.316. The van der Waals surface area contributed by atoms with Crippen LogP contribution >= 0.6 is 0 Å². The normalized spacial score (nSPS) is 34.7. The lowest BCUT2D eigenvalue weighted by Crippen LogP contribution is -2.61. The Hall–Kier alpha value is -2.01. The van der Waals surface area contributed by atoms with Gasteiger partial charge in [-0.15, -0.1) is 0 Å². The summed E-state index contributed by atoms with van der Waals surface area (Å²) < 4.78 is 16.6. The first-order valence-corrected chi connectivity index (χ1v) is 10.0. The number of hydrogen-bond donors (Lipinski definition) is 5. The predicted molar refractivity (Wildman–Crippen MR) is 104 cm³/mol. The first-order chi connectivity index (χ1) is 14.4. The number of ether oxygens (including phenoxy) is 3. The zero-order chi connectivity index (χ0) is 21.7. The minimum Gasteiger partial charge on any atom is -0.508 e. The molecule has 1 saturated carbocycles. The number of phenols is 1. The van der Waals surface area contributed by atoms with Crippen LogP contribution in [0.1, 0.15) is 31.2 Å². The average Bonchev–Trinajstić information content (AvgIpc) is 2.74. The molecule has 30 heavy (non-hydrogen) atoms. The SMILES string of the molecule is O=C(/C=C/c1ccc(O)cc1)O[C@@H]1[C@@H](OC2CCCCC2O)O[C@@H](CO)[C@H](O)[C@H]1O. The van der Waals surface area contributed by atoms with Crippen molar-refractivity contribution in [3.63, 3.8) is 0 Å². The van der Waals surface area contributed by atoms with E-state index in [1.165, 1.54) is 18.2 Å². The van der Waals surface area contributed by atoms with Crippen LogP contribution in [0, 0.1) is 0 Å². The number of aromatic hydroxyl groups is 1. The van der Waals surface area contributed by atoms with Crippen molar-refractivity contribution in [2.45, 2.75) is 68.6 Å². The molecule has 0 radical (unpaired) electrons. The highest BCUT2D eigenvalue weighted by Crippen LogP contribution is 2.29. The van der Waals surface area contributed by atoms with Crippen molar-refractivity contribution < 1.29 is 44.5 Å². The molecule has 0 spiro atoms. The fourth-order valence-corrected chi connectivity index (χ4v) is 3.62. The summed E-state index contributed by atoms with van der Waals surface area (Å²) in [7, 11) is 0. The van der Waals surface area contributed by atoms with Crippen LogP contribution in [0.15, 0.2) is 30.3 Å². The fourth-order valence-electron chi connectivity index (χ4n) is 3.62. The minimum atomic E-state index is -1.55. The van der Waals surface area contributed by atoms with Gasteiger partial charge in [0, 0.05) is 6.08 Å². The molecule has 1 aromatic carbocycles. The third-order valence-corrected chi connectivity index (χ3v) is 5.36. The summed E-state index contributed by atoms with van der Waals surface area (Å²) in [5, 5.41) is 49.5. The number of carbonyl (C=O) groups excluding carboxylic acids is 1. The summed E-state index contributed by atoms with van der Waals surface area (Å²) in [6.45, 7) is -0.563. The lowest BCUT2D eigenvalue weighted by atomic mass is 9.94. The lowest BCUT2D eigenvalue weighted by Gasteiger charge is -2.43. The van der Waals surface area contributed by atoms with Gasteiger partial charge in [0.25, 0.3) is 0 Å². The molecule has 3 rings (SSSR count). The molecule has 5 N–H and O–H groups in total. The number of carbonyl (C=O) groups is 1. The van der Waals surface area contributed by atoms with Crippen LogP contribution in [0.25, 0.3) is 6.08 Å². The van der Waals surface area contributed by atoms with Crippen LogP contribution in [0.5, 0.6) is 5.75 Å². The highest BCUT2D eigenvalue weighted by atomic mass is 16.7. The van der Waals surface area contributed by atoms with Crippen LogP contribution in [-0.4, -0.2) is 81.0 Å². The Balaban J connectivity index is 1.70. The van der Waals surface area contributed by atoms with Gasteiger partial charge in [-0.2, -0.15) is 0 Å². The number of aliphatic hydroxyl groups is 4. The molecule has 0 amide bonds. The topological polar surface area (TPSA) is 146 Å². The summed E-state index contributed by atoms with van der Waals surface area (Å²) in [5.74, 6) is -0.710. The van der Waals surface area contributed by atoms with E-state index in [0.29, 0.717) is 18.4 Å². The predicted octanol–water partition coefficient (Wildman–Crippen LogP) is 0.0763. The number of aliphatic hydroxyl groups excluding tert-OH is 4. The first-order valence-electron chi connectivity index (χ1n) is 10.0. The van der Waals surface area contributed by atoms with E-state index in [9.17, 15) is 30.3 Å². The molecule has 1 saturated heterocycles. The molecule has 1 aliphatic heterocycles. The van der Waals surface area contributed by atoms with Gasteiger partial charge in [0.2, 0.25) is 0 Å². The molecule has 2 aliphatic rings. The second kappa shape index (κ2) is 10.3. The summed E-state index contributed by atoms with van der Waals surface area (Å²) in [6, 6.07) is 6.14. The van der Waals surface area contributed by atoms with E-state index in [1.54, 1.807) is 12.1 Å². The Morgan fingerprint density at radius 2 is 1.80 bits per heavy atom. The molecule has 1 aromatic rings. The molecule has 7 atom stereocenters. The van der Waals surface area contributed by atoms with Gasteiger partial charge in [0.15, 0.2) is 12.4 Å². The maximum Gasteiger partial charge on any atom is 0.331 e. The smallest absolute Gasteiger partial charge is 0.331 e. The van der Waals surface area contributed by atoms with E-state index in [-0.39, 0.29) is 5.75 Å². The Morgan fingerprint density at radius 3 is 2.47 bits per heavy atom. The molecule has 2 unspecified atom stereocenters. The second-order valence-electron chi connectivity index (χ2n) is 7.56. The van der Waals surface area contributed by atoms with E-state index in [2.05, 4.69) is 0 Å². The molecule has 1 heterocycles. The number of hydrogen-bond acceptors (Lipinski definition) is 9. The van der Waals surface area contributed by atoms with Crippen LogP contribution in [-0.2, 0) is 19.0 Å². The van der Waals surface area contributed by atoms with Crippen molar-refractivity contribution in [1.82, 2.24) is 0 Å².